The van der Waals surface area contributed by atoms with Gasteiger partial charge in [0.05, 0.1) is 89.0 Å². The Labute approximate surface area is 274 Å². The van der Waals surface area contributed by atoms with Gasteiger partial charge in [0, 0.05) is 6.42 Å². The van der Waals surface area contributed by atoms with Crippen LogP contribution < -0.4 is 38.5 Å². The van der Waals surface area contributed by atoms with Gasteiger partial charge in [-0.25, -0.2) is 18.1 Å². The molecule has 0 amide bonds. The lowest BCUT2D eigenvalue weighted by molar-refractivity contribution is -0.390. The van der Waals surface area contributed by atoms with Crippen molar-refractivity contribution in [1.82, 2.24) is 0 Å². The van der Waals surface area contributed by atoms with Gasteiger partial charge in [-0.2, -0.15) is 0 Å². The molecule has 0 aliphatic carbocycles. The van der Waals surface area contributed by atoms with Gasteiger partial charge in [-0.3, -0.25) is 20.2 Å². The van der Waals surface area contributed by atoms with Gasteiger partial charge in [0.25, 0.3) is 11.4 Å². The number of rotatable bonds is 19. The lowest BCUT2D eigenvalue weighted by Crippen LogP contribution is -2.50. The molecule has 2 aromatic carbocycles. The van der Waals surface area contributed by atoms with E-state index < -0.39 is 82.0 Å². The molecule has 48 heavy (non-hydrogen) atoms. The molecule has 1 fully saturated rings. The van der Waals surface area contributed by atoms with Gasteiger partial charge < -0.3 is 52.7 Å². The summed E-state index contributed by atoms with van der Waals surface area (Å²) in [5.74, 6) is -2.28. The second-order valence-corrected chi connectivity index (χ2v) is 12.5. The van der Waals surface area contributed by atoms with Crippen molar-refractivity contribution in [3.63, 3.8) is 0 Å². The minimum absolute atomic E-state index is 0.00168. The van der Waals surface area contributed by atoms with E-state index in [4.69, 9.17) is 42.2 Å². The van der Waals surface area contributed by atoms with Crippen molar-refractivity contribution in [2.24, 2.45) is 0 Å². The highest BCUT2D eigenvalue weighted by Crippen LogP contribution is 2.51. The van der Waals surface area contributed by atoms with E-state index in [1.807, 2.05) is 0 Å². The molecule has 0 spiro atoms. The Morgan fingerprint density at radius 1 is 0.750 bits per heavy atom. The molecule has 0 unspecified atom stereocenters. The number of benzene rings is 2. The number of hydrogen-bond acceptors (Lipinski definition) is 19. The maximum atomic E-state index is 12.4. The van der Waals surface area contributed by atoms with E-state index in [1.165, 1.54) is 40.6 Å². The van der Waals surface area contributed by atoms with E-state index >= 15 is 0 Å². The third kappa shape index (κ3) is 9.51. The molecule has 2 aromatic rings. The van der Waals surface area contributed by atoms with Crippen molar-refractivity contribution in [2.45, 2.75) is 37.8 Å². The molecule has 1 aliphatic heterocycles. The van der Waals surface area contributed by atoms with Gasteiger partial charge in [-0.1, -0.05) is 0 Å². The Morgan fingerprint density at radius 2 is 1.21 bits per heavy atom. The number of phosphoric ester groups is 2. The Bertz CT molecular complexity index is 1450. The van der Waals surface area contributed by atoms with Crippen molar-refractivity contribution in [1.29, 1.82) is 0 Å². The lowest BCUT2D eigenvalue weighted by Gasteiger charge is -2.39. The van der Waals surface area contributed by atoms with E-state index in [0.29, 0.717) is 0 Å². The first-order valence-corrected chi connectivity index (χ1v) is 16.3. The van der Waals surface area contributed by atoms with Gasteiger partial charge in [0.15, 0.2) is 58.3 Å². The molecule has 268 valence electrons. The molecule has 3 rings (SSSR count). The number of hydrogen-bond donors (Lipinski definition) is 0. The number of methoxy groups -OCH3 is 4. The summed E-state index contributed by atoms with van der Waals surface area (Å²) in [5, 5.41) is 23.7. The third-order valence-electron chi connectivity index (χ3n) is 6.82. The smallest absolute Gasteiger partial charge is 0.278 e. The van der Waals surface area contributed by atoms with Crippen LogP contribution in [0.5, 0.6) is 23.0 Å². The van der Waals surface area contributed by atoms with Crippen LogP contribution in [0.1, 0.15) is 17.5 Å². The minimum Gasteiger partial charge on any atom is -0.635 e. The molecule has 1 saturated heterocycles. The second-order valence-electron chi connectivity index (χ2n) is 9.51. The number of ether oxygens (including phenoxy) is 7. The van der Waals surface area contributed by atoms with Crippen molar-refractivity contribution in [3.05, 3.63) is 55.6 Å². The van der Waals surface area contributed by atoms with Gasteiger partial charge in [-0.15, -0.1) is 0 Å². The fraction of sp³-hybridized carbons (Fsp3) is 0.520. The van der Waals surface area contributed by atoms with E-state index in [2.05, 4.69) is 9.05 Å². The Morgan fingerprint density at radius 3 is 1.65 bits per heavy atom. The lowest BCUT2D eigenvalue weighted by atomic mass is 10.1. The monoisotopic (exact) mass is 726 g/mol. The highest BCUT2D eigenvalue weighted by Gasteiger charge is 2.56. The second kappa shape index (κ2) is 16.5. The fourth-order valence-corrected chi connectivity index (χ4v) is 5.50. The van der Waals surface area contributed by atoms with Crippen LogP contribution in [0.15, 0.2) is 24.3 Å². The zero-order valence-corrected chi connectivity index (χ0v) is 28.1. The zero-order chi connectivity index (χ0) is 35.9. The van der Waals surface area contributed by atoms with Crippen molar-refractivity contribution in [2.75, 3.05) is 49.3 Å². The fourth-order valence-electron chi connectivity index (χ4n) is 4.42. The van der Waals surface area contributed by atoms with Crippen LogP contribution in [-0.2, 0) is 45.5 Å². The molecule has 0 saturated carbocycles. The Balaban J connectivity index is 2.04. The molecule has 3 atom stereocenters. The molecule has 21 nitrogen and oxygen atoms in total. The summed E-state index contributed by atoms with van der Waals surface area (Å²) < 4.78 is 56.8. The molecule has 0 aromatic heterocycles. The summed E-state index contributed by atoms with van der Waals surface area (Å²) in [7, 11) is -3.49. The first-order valence-electron chi connectivity index (χ1n) is 13.4. The highest BCUT2D eigenvalue weighted by atomic mass is 31.2. The van der Waals surface area contributed by atoms with Gasteiger partial charge in [-0.05, 0) is 12.1 Å². The largest absolute Gasteiger partial charge is 0.635 e. The number of nitro groups is 2. The number of phosphoric acid groups is 2. The standard InChI is InChI=1S/C25H34N2O19P2/c1-36-19-7-15(17(26(28)29)9-21(19)38-3)12-42-24-11-23(46-48(34,35)41-6)25(45-24,14-44-47(32,33)40-5)43-13-16-8-20(37-2)22(39-4)10-18(16)27(30)31/h7-10,23-24H,11-14H2,1-6H3,(H,32,33)(H,34,35)/p-2/t23-,24+,25-/m0/s1. The third-order valence-corrected chi connectivity index (χ3v) is 8.67. The zero-order valence-electron chi connectivity index (χ0n) is 26.3. The average Bonchev–Trinajstić information content (AvgIpc) is 3.40. The molecule has 0 bridgehead atoms. The molecule has 1 aliphatic rings. The first-order chi connectivity index (χ1) is 22.6. The van der Waals surface area contributed by atoms with E-state index in [0.717, 1.165) is 26.4 Å². The van der Waals surface area contributed by atoms with E-state index in [9.17, 15) is 39.8 Å². The SMILES string of the molecule is COc1cc(CO[C@H]2C[C@H](O[P+]([O-])([O-])OC)[C@@](CO[P+]([O-])([O-])OC)(OCc3cc(OC)c(OC)cc3[N+](=O)[O-])O2)c([N+](=O)[O-])cc1OC. The van der Waals surface area contributed by atoms with Crippen molar-refractivity contribution >= 4 is 27.7 Å². The van der Waals surface area contributed by atoms with Crippen LogP contribution in [0, 0.1) is 20.2 Å². The molecular weight excluding hydrogens is 694 g/mol. The van der Waals surface area contributed by atoms with Crippen molar-refractivity contribution in [3.8, 4) is 23.0 Å². The normalized spacial score (nSPS) is 19.6. The molecule has 0 radical (unpaired) electrons. The van der Waals surface area contributed by atoms with Crippen LogP contribution in [0.2, 0.25) is 0 Å². The summed E-state index contributed by atoms with van der Waals surface area (Å²) in [5.41, 5.74) is -1.13. The molecule has 23 heteroatoms. The van der Waals surface area contributed by atoms with E-state index in [-0.39, 0.29) is 34.1 Å². The van der Waals surface area contributed by atoms with Crippen LogP contribution >= 0.6 is 16.3 Å². The topological polar surface area (TPSA) is 280 Å². The number of nitro benzene ring substituents is 2. The summed E-state index contributed by atoms with van der Waals surface area (Å²) in [4.78, 5) is 71.4. The van der Waals surface area contributed by atoms with Crippen LogP contribution in [0.25, 0.3) is 0 Å². The highest BCUT2D eigenvalue weighted by molar-refractivity contribution is 7.51. The van der Waals surface area contributed by atoms with Crippen LogP contribution in [0.3, 0.4) is 0 Å². The van der Waals surface area contributed by atoms with E-state index in [1.54, 1.807) is 0 Å². The predicted octanol–water partition coefficient (Wildman–Crippen LogP) is 0.205. The Kier molecular flexibility index (Phi) is 13.5. The van der Waals surface area contributed by atoms with Gasteiger partial charge in [0.2, 0.25) is 5.79 Å². The summed E-state index contributed by atoms with van der Waals surface area (Å²) in [6.07, 6.45) is -3.83. The van der Waals surface area contributed by atoms with Crippen molar-refractivity contribution < 1.29 is 80.7 Å². The Hall–Kier alpha value is -3.14. The summed E-state index contributed by atoms with van der Waals surface area (Å²) >= 11 is 0. The minimum atomic E-state index is -5.13. The van der Waals surface area contributed by atoms with Gasteiger partial charge >= 0.3 is 0 Å². The van der Waals surface area contributed by atoms with Crippen LogP contribution in [0.4, 0.5) is 11.4 Å². The maximum absolute atomic E-state index is 12.4. The average molecular weight is 726 g/mol. The maximum Gasteiger partial charge on any atom is 0.278 e. The first kappa shape index (κ1) is 39.3. The molecular formula is C25H32N2O19P2-2. The number of nitrogens with zero attached hydrogens (tertiary/aromatic N) is 2. The summed E-state index contributed by atoms with van der Waals surface area (Å²) in [6.45, 7) is -2.42. The molecule has 1 heterocycles. The quantitative estimate of drug-likeness (QED) is 0.106. The predicted molar refractivity (Wildman–Crippen MR) is 153 cm³/mol. The summed E-state index contributed by atoms with van der Waals surface area (Å²) in [6, 6.07) is 4.60. The van der Waals surface area contributed by atoms with Gasteiger partial charge in [0.1, 0.15) is 0 Å². The molecule has 0 N–H and O–H groups in total. The van der Waals surface area contributed by atoms with Crippen LogP contribution in [-0.4, -0.2) is 77.3 Å².